The van der Waals surface area contributed by atoms with Gasteiger partial charge in [-0.2, -0.15) is 5.10 Å². The van der Waals surface area contributed by atoms with Crippen molar-refractivity contribution >= 4 is 27.8 Å². The van der Waals surface area contributed by atoms with Crippen LogP contribution in [0.25, 0.3) is 0 Å². The van der Waals surface area contributed by atoms with Crippen molar-refractivity contribution in [2.45, 2.75) is 25.7 Å². The van der Waals surface area contributed by atoms with E-state index >= 15 is 0 Å². The van der Waals surface area contributed by atoms with Crippen LogP contribution in [-0.4, -0.2) is 27.1 Å². The molecule has 0 aliphatic carbocycles. The quantitative estimate of drug-likeness (QED) is 0.451. The van der Waals surface area contributed by atoms with E-state index in [0.717, 1.165) is 26.6 Å². The van der Waals surface area contributed by atoms with Gasteiger partial charge in [-0.3, -0.25) is 9.10 Å². The van der Waals surface area contributed by atoms with Crippen LogP contribution < -0.4 is 9.73 Å². The largest absolute Gasteiger partial charge is 0.271 e. The molecule has 0 atom stereocenters. The third kappa shape index (κ3) is 5.58. The second-order valence-corrected chi connectivity index (χ2v) is 9.18. The van der Waals surface area contributed by atoms with E-state index < -0.39 is 22.5 Å². The van der Waals surface area contributed by atoms with Crippen LogP contribution in [0.1, 0.15) is 22.3 Å². The number of aryl methyl sites for hydroxylation is 3. The molecule has 0 saturated carbocycles. The van der Waals surface area contributed by atoms with Crippen LogP contribution in [0.5, 0.6) is 0 Å². The summed E-state index contributed by atoms with van der Waals surface area (Å²) in [6.07, 6.45) is 1.53. The first kappa shape index (κ1) is 22.2. The fourth-order valence-electron chi connectivity index (χ4n) is 3.08. The lowest BCUT2D eigenvalue weighted by Gasteiger charge is -2.25. The lowest BCUT2D eigenvalue weighted by Crippen LogP contribution is -2.40. The van der Waals surface area contributed by atoms with Gasteiger partial charge in [-0.15, -0.1) is 0 Å². The number of hydrogen-bond donors (Lipinski definition) is 1. The Balaban J connectivity index is 1.86. The number of carbonyl (C=O) groups is 1. The Morgan fingerprint density at radius 3 is 2.32 bits per heavy atom. The molecule has 0 spiro atoms. The van der Waals surface area contributed by atoms with E-state index in [1.807, 2.05) is 44.2 Å². The normalized spacial score (nSPS) is 11.5. The zero-order valence-electron chi connectivity index (χ0n) is 17.7. The fraction of sp³-hybridized carbons (Fsp3) is 0.167. The molecule has 1 amide bonds. The smallest absolute Gasteiger partial charge is 0.264 e. The molecule has 0 unspecified atom stereocenters. The number of carbonyl (C=O) groups excluding carboxylic acids is 1. The number of rotatable bonds is 7. The van der Waals surface area contributed by atoms with Crippen molar-refractivity contribution in [1.82, 2.24) is 5.43 Å². The van der Waals surface area contributed by atoms with Gasteiger partial charge in [0.15, 0.2) is 0 Å². The fourth-order valence-corrected chi connectivity index (χ4v) is 4.56. The number of anilines is 1. The molecule has 0 aromatic heterocycles. The Bertz CT molecular complexity index is 1200. The highest BCUT2D eigenvalue weighted by Crippen LogP contribution is 2.26. The van der Waals surface area contributed by atoms with E-state index in [1.165, 1.54) is 6.21 Å². The van der Waals surface area contributed by atoms with Crippen molar-refractivity contribution in [3.63, 3.8) is 0 Å². The monoisotopic (exact) mass is 435 g/mol. The molecule has 160 valence electrons. The van der Waals surface area contributed by atoms with E-state index in [1.54, 1.807) is 49.4 Å². The molecule has 0 heterocycles. The van der Waals surface area contributed by atoms with E-state index in [0.29, 0.717) is 5.69 Å². The maximum atomic E-state index is 13.4. The standard InChI is InChI=1S/C24H25N3O3S/c1-18-11-13-22(14-12-18)31(29,30)27(23-10-5-4-8-20(23)3)17-24(28)26-25-16-21-9-6-7-19(2)15-21/h4-16H,17H2,1-3H3,(H,26,28)/b25-16-. The number of benzene rings is 3. The van der Waals surface area contributed by atoms with Crippen LogP contribution in [0.3, 0.4) is 0 Å². The zero-order chi connectivity index (χ0) is 22.4. The van der Waals surface area contributed by atoms with Gasteiger partial charge in [-0.1, -0.05) is 65.7 Å². The Morgan fingerprint density at radius 2 is 1.65 bits per heavy atom. The predicted octanol–water partition coefficient (Wildman–Crippen LogP) is 3.96. The van der Waals surface area contributed by atoms with E-state index in [-0.39, 0.29) is 4.90 Å². The molecule has 0 radical (unpaired) electrons. The Labute approximate surface area is 183 Å². The summed E-state index contributed by atoms with van der Waals surface area (Å²) in [5, 5.41) is 3.97. The van der Waals surface area contributed by atoms with Gasteiger partial charge in [0.25, 0.3) is 15.9 Å². The van der Waals surface area contributed by atoms with Gasteiger partial charge < -0.3 is 0 Å². The first-order valence-electron chi connectivity index (χ1n) is 9.81. The number of para-hydroxylation sites is 1. The molecule has 1 N–H and O–H groups in total. The summed E-state index contributed by atoms with van der Waals surface area (Å²) in [5.74, 6) is -0.539. The zero-order valence-corrected chi connectivity index (χ0v) is 18.6. The number of nitrogens with one attached hydrogen (secondary N) is 1. The number of sulfonamides is 1. The summed E-state index contributed by atoms with van der Waals surface area (Å²) in [6, 6.07) is 21.3. The highest BCUT2D eigenvalue weighted by molar-refractivity contribution is 7.92. The summed E-state index contributed by atoms with van der Waals surface area (Å²) < 4.78 is 27.9. The summed E-state index contributed by atoms with van der Waals surface area (Å²) in [5.41, 5.74) is 6.48. The molecular formula is C24H25N3O3S. The number of hydrogen-bond acceptors (Lipinski definition) is 4. The SMILES string of the molecule is Cc1ccc(S(=O)(=O)N(CC(=O)N/N=C\c2cccc(C)c2)c2ccccc2C)cc1. The van der Waals surface area contributed by atoms with E-state index in [4.69, 9.17) is 0 Å². The maximum Gasteiger partial charge on any atom is 0.264 e. The molecule has 0 fully saturated rings. The van der Waals surface area contributed by atoms with Gasteiger partial charge in [-0.05, 0) is 50.1 Å². The summed E-state index contributed by atoms with van der Waals surface area (Å²) in [7, 11) is -3.95. The molecule has 0 saturated heterocycles. The first-order chi connectivity index (χ1) is 14.8. The summed E-state index contributed by atoms with van der Waals surface area (Å²) in [4.78, 5) is 12.7. The van der Waals surface area contributed by atoms with Gasteiger partial charge >= 0.3 is 0 Å². The Morgan fingerprint density at radius 1 is 0.935 bits per heavy atom. The first-order valence-corrected chi connectivity index (χ1v) is 11.2. The predicted molar refractivity (Wildman–Crippen MR) is 124 cm³/mol. The number of hydrazone groups is 1. The number of amides is 1. The molecule has 0 aliphatic heterocycles. The molecule has 3 aromatic rings. The van der Waals surface area contributed by atoms with Crippen LogP contribution in [0.15, 0.2) is 82.8 Å². The van der Waals surface area contributed by atoms with Gasteiger partial charge in [0.2, 0.25) is 0 Å². The van der Waals surface area contributed by atoms with Crippen LogP contribution >= 0.6 is 0 Å². The topological polar surface area (TPSA) is 78.8 Å². The van der Waals surface area contributed by atoms with Crippen molar-refractivity contribution < 1.29 is 13.2 Å². The second kappa shape index (κ2) is 9.57. The summed E-state index contributed by atoms with van der Waals surface area (Å²) in [6.45, 7) is 5.26. The number of nitrogens with zero attached hydrogens (tertiary/aromatic N) is 2. The van der Waals surface area contributed by atoms with Crippen LogP contribution in [0.2, 0.25) is 0 Å². The summed E-state index contributed by atoms with van der Waals surface area (Å²) >= 11 is 0. The van der Waals surface area contributed by atoms with Crippen LogP contribution in [0.4, 0.5) is 5.69 Å². The van der Waals surface area contributed by atoms with Crippen molar-refractivity contribution in [1.29, 1.82) is 0 Å². The minimum atomic E-state index is -3.95. The van der Waals surface area contributed by atoms with Crippen molar-refractivity contribution in [2.75, 3.05) is 10.8 Å². The Kier molecular flexibility index (Phi) is 6.87. The molecule has 7 heteroatoms. The van der Waals surface area contributed by atoms with Gasteiger partial charge in [0.05, 0.1) is 16.8 Å². The van der Waals surface area contributed by atoms with E-state index in [2.05, 4.69) is 10.5 Å². The highest BCUT2D eigenvalue weighted by atomic mass is 32.2. The maximum absolute atomic E-state index is 13.4. The minimum absolute atomic E-state index is 0.123. The van der Waals surface area contributed by atoms with Gasteiger partial charge in [-0.25, -0.2) is 13.8 Å². The second-order valence-electron chi connectivity index (χ2n) is 7.32. The van der Waals surface area contributed by atoms with Crippen molar-refractivity contribution in [3.05, 3.63) is 95.1 Å². The Hall–Kier alpha value is -3.45. The van der Waals surface area contributed by atoms with Crippen LogP contribution in [0, 0.1) is 20.8 Å². The van der Waals surface area contributed by atoms with E-state index in [9.17, 15) is 13.2 Å². The molecule has 0 bridgehead atoms. The molecule has 0 aliphatic rings. The molecule has 3 rings (SSSR count). The van der Waals surface area contributed by atoms with Crippen molar-refractivity contribution in [2.24, 2.45) is 5.10 Å². The molecule has 6 nitrogen and oxygen atoms in total. The van der Waals surface area contributed by atoms with Crippen LogP contribution in [-0.2, 0) is 14.8 Å². The molecular weight excluding hydrogens is 410 g/mol. The van der Waals surface area contributed by atoms with Crippen molar-refractivity contribution in [3.8, 4) is 0 Å². The third-order valence-electron chi connectivity index (χ3n) is 4.73. The minimum Gasteiger partial charge on any atom is -0.271 e. The molecule has 3 aromatic carbocycles. The average molecular weight is 436 g/mol. The van der Waals surface area contributed by atoms with Gasteiger partial charge in [0.1, 0.15) is 6.54 Å². The third-order valence-corrected chi connectivity index (χ3v) is 6.50. The van der Waals surface area contributed by atoms with Gasteiger partial charge in [0, 0.05) is 0 Å². The lowest BCUT2D eigenvalue weighted by molar-refractivity contribution is -0.119. The lowest BCUT2D eigenvalue weighted by atomic mass is 10.2. The average Bonchev–Trinajstić information content (AvgIpc) is 2.73. The molecule has 31 heavy (non-hydrogen) atoms. The highest BCUT2D eigenvalue weighted by Gasteiger charge is 2.28.